The van der Waals surface area contributed by atoms with Crippen LogP contribution in [-0.4, -0.2) is 5.11 Å². The van der Waals surface area contributed by atoms with Crippen LogP contribution in [-0.2, 0) is 6.54 Å². The Morgan fingerprint density at radius 3 is 2.44 bits per heavy atom. The number of phenols is 1. The highest BCUT2D eigenvalue weighted by atomic mass is 19.1. The molecule has 2 aromatic carbocycles. The molecule has 0 fully saturated rings. The molecule has 0 radical (unpaired) electrons. The topological polar surface area (TPSA) is 32.3 Å². The summed E-state index contributed by atoms with van der Waals surface area (Å²) >= 11 is 0. The van der Waals surface area contributed by atoms with Crippen LogP contribution in [0.5, 0.6) is 5.75 Å². The number of nitrogens with one attached hydrogen (secondary N) is 1. The summed E-state index contributed by atoms with van der Waals surface area (Å²) in [5.41, 5.74) is 3.15. The predicted molar refractivity (Wildman–Crippen MR) is 71.3 cm³/mol. The molecule has 0 amide bonds. The minimum Gasteiger partial charge on any atom is -0.508 e. The van der Waals surface area contributed by atoms with Crippen molar-refractivity contribution in [2.24, 2.45) is 0 Å². The van der Waals surface area contributed by atoms with Gasteiger partial charge in [0.2, 0.25) is 0 Å². The Labute approximate surface area is 106 Å². The third kappa shape index (κ3) is 2.80. The summed E-state index contributed by atoms with van der Waals surface area (Å²) in [6, 6.07) is 10.4. The maximum absolute atomic E-state index is 13.6. The van der Waals surface area contributed by atoms with Gasteiger partial charge in [0.25, 0.3) is 0 Å². The van der Waals surface area contributed by atoms with E-state index in [9.17, 15) is 9.50 Å². The van der Waals surface area contributed by atoms with Crippen molar-refractivity contribution in [1.82, 2.24) is 0 Å². The van der Waals surface area contributed by atoms with Gasteiger partial charge in [-0.25, -0.2) is 4.39 Å². The molecule has 2 N–H and O–H groups in total. The fraction of sp³-hybridized carbons (Fsp3) is 0.200. The van der Waals surface area contributed by atoms with Gasteiger partial charge in [-0.05, 0) is 37.6 Å². The van der Waals surface area contributed by atoms with Gasteiger partial charge in [-0.3, -0.25) is 0 Å². The summed E-state index contributed by atoms with van der Waals surface area (Å²) in [6.07, 6.45) is 0. The van der Waals surface area contributed by atoms with Crippen LogP contribution in [0.3, 0.4) is 0 Å². The summed E-state index contributed by atoms with van der Waals surface area (Å²) in [4.78, 5) is 0. The lowest BCUT2D eigenvalue weighted by Gasteiger charge is -2.10. The third-order valence-electron chi connectivity index (χ3n) is 2.83. The molecule has 0 unspecified atom stereocenters. The molecule has 0 aliphatic carbocycles. The molecule has 94 valence electrons. The van der Waals surface area contributed by atoms with Gasteiger partial charge < -0.3 is 10.4 Å². The number of benzene rings is 2. The van der Waals surface area contributed by atoms with Crippen molar-refractivity contribution < 1.29 is 9.50 Å². The Morgan fingerprint density at radius 2 is 1.72 bits per heavy atom. The fourth-order valence-electron chi connectivity index (χ4n) is 1.81. The maximum atomic E-state index is 13.6. The molecular weight excluding hydrogens is 229 g/mol. The minimum atomic E-state index is -0.276. The number of anilines is 1. The van der Waals surface area contributed by atoms with E-state index in [1.807, 2.05) is 32.0 Å². The van der Waals surface area contributed by atoms with E-state index in [0.29, 0.717) is 12.2 Å². The Hall–Kier alpha value is -2.03. The molecule has 0 atom stereocenters. The maximum Gasteiger partial charge on any atom is 0.146 e. The fourth-order valence-corrected chi connectivity index (χ4v) is 1.81. The van der Waals surface area contributed by atoms with Gasteiger partial charge in [-0.15, -0.1) is 0 Å². The van der Waals surface area contributed by atoms with Gasteiger partial charge in [0, 0.05) is 12.1 Å². The Kier molecular flexibility index (Phi) is 3.51. The second kappa shape index (κ2) is 5.08. The van der Waals surface area contributed by atoms with Crippen LogP contribution in [0.25, 0.3) is 0 Å². The van der Waals surface area contributed by atoms with Crippen LogP contribution < -0.4 is 5.32 Å². The lowest BCUT2D eigenvalue weighted by atomic mass is 10.1. The van der Waals surface area contributed by atoms with E-state index in [-0.39, 0.29) is 11.6 Å². The number of aryl methyl sites for hydroxylation is 2. The summed E-state index contributed by atoms with van der Waals surface area (Å²) in [5, 5.41) is 12.7. The van der Waals surface area contributed by atoms with Crippen LogP contribution in [0.4, 0.5) is 10.1 Å². The van der Waals surface area contributed by atoms with E-state index in [2.05, 4.69) is 5.32 Å². The van der Waals surface area contributed by atoms with E-state index in [4.69, 9.17) is 0 Å². The molecule has 18 heavy (non-hydrogen) atoms. The summed E-state index contributed by atoms with van der Waals surface area (Å²) < 4.78 is 13.6. The first-order valence-electron chi connectivity index (χ1n) is 5.85. The van der Waals surface area contributed by atoms with Gasteiger partial charge in [-0.1, -0.05) is 23.8 Å². The Balaban J connectivity index is 2.13. The molecule has 0 spiro atoms. The zero-order valence-corrected chi connectivity index (χ0v) is 10.5. The number of rotatable bonds is 3. The van der Waals surface area contributed by atoms with Crippen molar-refractivity contribution in [3.05, 3.63) is 58.9 Å². The second-order valence-electron chi connectivity index (χ2n) is 4.47. The average molecular weight is 245 g/mol. The number of hydrogen-bond acceptors (Lipinski definition) is 2. The van der Waals surface area contributed by atoms with Crippen molar-refractivity contribution in [3.8, 4) is 5.75 Å². The van der Waals surface area contributed by atoms with Crippen molar-refractivity contribution in [3.63, 3.8) is 0 Å². The zero-order chi connectivity index (χ0) is 13.1. The largest absolute Gasteiger partial charge is 0.508 e. The number of halogens is 1. The Morgan fingerprint density at radius 1 is 1.06 bits per heavy atom. The lowest BCUT2D eigenvalue weighted by Crippen LogP contribution is -2.02. The van der Waals surface area contributed by atoms with Crippen LogP contribution >= 0.6 is 0 Å². The molecule has 0 aliphatic heterocycles. The standard InChI is InChI=1S/C15H16FNO/c1-10-4-6-15(18)12(7-10)9-17-14-5-3-11(2)8-13(14)16/h3-8,17-18H,9H2,1-2H3. The number of phenolic OH excluding ortho intramolecular Hbond substituents is 1. The average Bonchev–Trinajstić information content (AvgIpc) is 2.32. The van der Waals surface area contributed by atoms with Gasteiger partial charge in [0.1, 0.15) is 11.6 Å². The van der Waals surface area contributed by atoms with Crippen molar-refractivity contribution in [2.75, 3.05) is 5.32 Å². The highest BCUT2D eigenvalue weighted by Gasteiger charge is 2.04. The Bertz CT molecular complexity index is 566. The monoisotopic (exact) mass is 245 g/mol. The summed E-state index contributed by atoms with van der Waals surface area (Å²) in [5.74, 6) is -0.0530. The van der Waals surface area contributed by atoms with Crippen LogP contribution in [0.15, 0.2) is 36.4 Å². The van der Waals surface area contributed by atoms with Crippen molar-refractivity contribution in [1.29, 1.82) is 0 Å². The summed E-state index contributed by atoms with van der Waals surface area (Å²) in [6.45, 7) is 4.20. The summed E-state index contributed by atoms with van der Waals surface area (Å²) in [7, 11) is 0. The van der Waals surface area contributed by atoms with Gasteiger partial charge in [0.05, 0.1) is 5.69 Å². The first kappa shape index (κ1) is 12.4. The lowest BCUT2D eigenvalue weighted by molar-refractivity contribution is 0.469. The number of aromatic hydroxyl groups is 1. The molecule has 0 bridgehead atoms. The van der Waals surface area contributed by atoms with Crippen LogP contribution in [0.2, 0.25) is 0 Å². The molecule has 0 aromatic heterocycles. The zero-order valence-electron chi connectivity index (χ0n) is 10.5. The highest BCUT2D eigenvalue weighted by Crippen LogP contribution is 2.21. The number of hydrogen-bond donors (Lipinski definition) is 2. The highest BCUT2D eigenvalue weighted by molar-refractivity contribution is 5.48. The van der Waals surface area contributed by atoms with E-state index in [0.717, 1.165) is 16.7 Å². The SMILES string of the molecule is Cc1ccc(NCc2cc(C)ccc2O)c(F)c1. The van der Waals surface area contributed by atoms with Crippen molar-refractivity contribution in [2.45, 2.75) is 20.4 Å². The first-order valence-corrected chi connectivity index (χ1v) is 5.85. The normalized spacial score (nSPS) is 10.4. The molecule has 0 aliphatic rings. The second-order valence-corrected chi connectivity index (χ2v) is 4.47. The van der Waals surface area contributed by atoms with Gasteiger partial charge >= 0.3 is 0 Å². The van der Waals surface area contributed by atoms with E-state index in [1.54, 1.807) is 12.1 Å². The molecular formula is C15H16FNO. The van der Waals surface area contributed by atoms with E-state index in [1.165, 1.54) is 6.07 Å². The molecule has 3 heteroatoms. The molecule has 2 nitrogen and oxygen atoms in total. The predicted octanol–water partition coefficient (Wildman–Crippen LogP) is 3.76. The first-order chi connectivity index (χ1) is 8.56. The third-order valence-corrected chi connectivity index (χ3v) is 2.83. The van der Waals surface area contributed by atoms with Gasteiger partial charge in [0.15, 0.2) is 0 Å². The molecule has 0 heterocycles. The van der Waals surface area contributed by atoms with Gasteiger partial charge in [-0.2, -0.15) is 0 Å². The molecule has 0 saturated carbocycles. The quantitative estimate of drug-likeness (QED) is 0.863. The molecule has 2 rings (SSSR count). The minimum absolute atomic E-state index is 0.223. The van der Waals surface area contributed by atoms with Crippen LogP contribution in [0, 0.1) is 19.7 Å². The van der Waals surface area contributed by atoms with E-state index < -0.39 is 0 Å². The van der Waals surface area contributed by atoms with E-state index >= 15 is 0 Å². The molecule has 0 saturated heterocycles. The van der Waals surface area contributed by atoms with Crippen molar-refractivity contribution >= 4 is 5.69 Å². The molecule has 2 aromatic rings. The van der Waals surface area contributed by atoms with Crippen LogP contribution in [0.1, 0.15) is 16.7 Å². The smallest absolute Gasteiger partial charge is 0.146 e.